The van der Waals surface area contributed by atoms with Crippen LogP contribution < -0.4 is 16.0 Å². The number of aliphatic hydroxyl groups excluding tert-OH is 1. The molecular weight excluding hydrogens is 371 g/mol. The highest BCUT2D eigenvalue weighted by Gasteiger charge is 2.30. The van der Waals surface area contributed by atoms with Crippen molar-refractivity contribution in [2.75, 3.05) is 18.5 Å². The van der Waals surface area contributed by atoms with E-state index in [4.69, 9.17) is 0 Å². The van der Waals surface area contributed by atoms with E-state index >= 15 is 0 Å². The average molecular weight is 392 g/mol. The first-order valence-electron chi connectivity index (χ1n) is 8.58. The number of fused-ring (bicyclic) bond motifs is 1. The van der Waals surface area contributed by atoms with Crippen molar-refractivity contribution in [2.24, 2.45) is 5.16 Å². The molecular formula is C17H21FN6O4. The number of amides is 1. The van der Waals surface area contributed by atoms with Crippen LogP contribution in [0.4, 0.5) is 10.2 Å². The molecule has 0 saturated carbocycles. The first kappa shape index (κ1) is 19.5. The lowest BCUT2D eigenvalue weighted by Gasteiger charge is -2.31. The second kappa shape index (κ2) is 7.80. The lowest BCUT2D eigenvalue weighted by atomic mass is 9.83. The normalized spacial score (nSPS) is 16.1. The molecule has 5 N–H and O–H groups in total. The van der Waals surface area contributed by atoms with Gasteiger partial charge in [0.15, 0.2) is 11.5 Å². The number of benzene rings is 1. The van der Waals surface area contributed by atoms with E-state index in [1.807, 2.05) is 0 Å². The van der Waals surface area contributed by atoms with Gasteiger partial charge in [-0.05, 0) is 53.8 Å². The van der Waals surface area contributed by atoms with Gasteiger partial charge in [-0.3, -0.25) is 4.79 Å². The Balaban J connectivity index is 1.64. The zero-order valence-corrected chi connectivity index (χ0v) is 15.4. The minimum Gasteiger partial charge on any atom is -0.409 e. The fourth-order valence-corrected chi connectivity index (χ4v) is 2.80. The number of oxime groups is 1. The standard InChI is InChI=1S/C17H21FN6O4/c1-17(2,8-25)21-13(26)7-19-15-14(23-28-24-15)16(22-27)20-12-5-9-3-4-10(18)6-11(9)12/h3-4,6,12,25,27H,5,7-8H2,1-2H3,(H,19,24)(H,20,22)(H,21,26). The first-order chi connectivity index (χ1) is 13.3. The summed E-state index contributed by atoms with van der Waals surface area (Å²) in [5, 5.41) is 37.4. The monoisotopic (exact) mass is 392 g/mol. The van der Waals surface area contributed by atoms with Crippen molar-refractivity contribution in [2.45, 2.75) is 31.8 Å². The Bertz CT molecular complexity index is 898. The van der Waals surface area contributed by atoms with E-state index in [1.54, 1.807) is 19.9 Å². The zero-order valence-electron chi connectivity index (χ0n) is 15.4. The van der Waals surface area contributed by atoms with Gasteiger partial charge in [-0.2, -0.15) is 0 Å². The molecule has 150 valence electrons. The topological polar surface area (TPSA) is 145 Å². The van der Waals surface area contributed by atoms with Crippen LogP contribution in [0.25, 0.3) is 0 Å². The van der Waals surface area contributed by atoms with Crippen LogP contribution in [0.15, 0.2) is 28.0 Å². The van der Waals surface area contributed by atoms with Crippen LogP contribution >= 0.6 is 0 Å². The second-order valence-electron chi connectivity index (χ2n) is 7.10. The number of aliphatic hydroxyl groups is 1. The summed E-state index contributed by atoms with van der Waals surface area (Å²) in [6, 6.07) is 4.26. The smallest absolute Gasteiger partial charge is 0.239 e. The molecule has 28 heavy (non-hydrogen) atoms. The quantitative estimate of drug-likeness (QED) is 0.199. The maximum absolute atomic E-state index is 13.4. The highest BCUT2D eigenvalue weighted by molar-refractivity contribution is 6.01. The van der Waals surface area contributed by atoms with E-state index in [0.717, 1.165) is 11.1 Å². The van der Waals surface area contributed by atoms with Gasteiger partial charge in [-0.25, -0.2) is 9.02 Å². The minimum atomic E-state index is -0.768. The zero-order chi connectivity index (χ0) is 20.3. The lowest BCUT2D eigenvalue weighted by Crippen LogP contribution is -2.48. The van der Waals surface area contributed by atoms with Crippen LogP contribution in [0, 0.1) is 5.82 Å². The number of hydrogen-bond donors (Lipinski definition) is 5. The largest absolute Gasteiger partial charge is 0.409 e. The number of aromatic nitrogens is 2. The van der Waals surface area contributed by atoms with Crippen molar-refractivity contribution in [3.8, 4) is 0 Å². The van der Waals surface area contributed by atoms with E-state index in [9.17, 15) is 19.5 Å². The third-order valence-electron chi connectivity index (χ3n) is 4.32. The van der Waals surface area contributed by atoms with E-state index in [2.05, 4.69) is 36.0 Å². The predicted molar refractivity (Wildman–Crippen MR) is 96.4 cm³/mol. The third-order valence-corrected chi connectivity index (χ3v) is 4.32. The molecule has 10 nitrogen and oxygen atoms in total. The number of halogens is 1. The van der Waals surface area contributed by atoms with Gasteiger partial charge in [0.25, 0.3) is 0 Å². The molecule has 1 aromatic heterocycles. The first-order valence-corrected chi connectivity index (χ1v) is 8.58. The molecule has 0 bridgehead atoms. The molecule has 11 heteroatoms. The van der Waals surface area contributed by atoms with Crippen LogP contribution in [0.2, 0.25) is 0 Å². The predicted octanol–water partition coefficient (Wildman–Crippen LogP) is 0.531. The number of nitrogens with one attached hydrogen (secondary N) is 3. The Morgan fingerprint density at radius 3 is 2.93 bits per heavy atom. The highest BCUT2D eigenvalue weighted by atomic mass is 19.1. The highest BCUT2D eigenvalue weighted by Crippen LogP contribution is 2.33. The molecule has 1 unspecified atom stereocenters. The Labute approximate surface area is 159 Å². The molecule has 3 rings (SSSR count). The van der Waals surface area contributed by atoms with E-state index in [-0.39, 0.29) is 48.3 Å². The Kier molecular flexibility index (Phi) is 5.45. The fourth-order valence-electron chi connectivity index (χ4n) is 2.80. The molecule has 1 atom stereocenters. The van der Waals surface area contributed by atoms with Crippen LogP contribution in [0.5, 0.6) is 0 Å². The van der Waals surface area contributed by atoms with Crippen molar-refractivity contribution in [1.82, 2.24) is 20.9 Å². The van der Waals surface area contributed by atoms with E-state index < -0.39 is 5.54 Å². The van der Waals surface area contributed by atoms with Crippen molar-refractivity contribution in [3.05, 3.63) is 40.8 Å². The van der Waals surface area contributed by atoms with E-state index in [1.165, 1.54) is 12.1 Å². The molecule has 2 aromatic rings. The van der Waals surface area contributed by atoms with Gasteiger partial charge in [0, 0.05) is 0 Å². The summed E-state index contributed by atoms with van der Waals surface area (Å²) in [5.74, 6) is -0.669. The number of carbonyl (C=O) groups is 1. The number of anilines is 1. The van der Waals surface area contributed by atoms with Gasteiger partial charge in [-0.15, -0.1) is 0 Å². The molecule has 0 saturated heterocycles. The number of rotatable bonds is 7. The lowest BCUT2D eigenvalue weighted by molar-refractivity contribution is -0.121. The summed E-state index contributed by atoms with van der Waals surface area (Å²) in [4.78, 5) is 12.0. The fraction of sp³-hybridized carbons (Fsp3) is 0.412. The number of hydrogen-bond acceptors (Lipinski definition) is 8. The van der Waals surface area contributed by atoms with Gasteiger partial charge < -0.3 is 26.3 Å². The summed E-state index contributed by atoms with van der Waals surface area (Å²) in [7, 11) is 0. The summed E-state index contributed by atoms with van der Waals surface area (Å²) in [6.45, 7) is 2.96. The van der Waals surface area contributed by atoms with Crippen molar-refractivity contribution in [1.29, 1.82) is 0 Å². The van der Waals surface area contributed by atoms with Crippen molar-refractivity contribution >= 4 is 17.6 Å². The maximum Gasteiger partial charge on any atom is 0.239 e. The van der Waals surface area contributed by atoms with Gasteiger partial charge >= 0.3 is 0 Å². The third kappa shape index (κ3) is 4.19. The van der Waals surface area contributed by atoms with Gasteiger partial charge in [-0.1, -0.05) is 11.2 Å². The van der Waals surface area contributed by atoms with Crippen LogP contribution in [-0.4, -0.2) is 51.1 Å². The van der Waals surface area contributed by atoms with Crippen LogP contribution in [-0.2, 0) is 11.2 Å². The summed E-state index contributed by atoms with van der Waals surface area (Å²) in [5.41, 5.74) is 1.06. The molecule has 0 radical (unpaired) electrons. The van der Waals surface area contributed by atoms with Crippen LogP contribution in [0.1, 0.15) is 36.7 Å². The SMILES string of the molecule is CC(C)(CO)NC(=O)CNc1nonc1/C(=N/O)NC1Cc2ccc(F)cc21. The van der Waals surface area contributed by atoms with E-state index in [0.29, 0.717) is 6.42 Å². The molecule has 1 aliphatic rings. The number of carbonyl (C=O) groups excluding carboxylic acids is 1. The average Bonchev–Trinajstić information content (AvgIpc) is 3.11. The molecule has 0 spiro atoms. The minimum absolute atomic E-state index is 0.0280. The van der Waals surface area contributed by atoms with Gasteiger partial charge in [0.2, 0.25) is 11.7 Å². The van der Waals surface area contributed by atoms with Crippen LogP contribution in [0.3, 0.4) is 0 Å². The molecule has 1 aromatic carbocycles. The summed E-state index contributed by atoms with van der Waals surface area (Å²) in [6.07, 6.45) is 0.626. The number of amidine groups is 1. The van der Waals surface area contributed by atoms with Gasteiger partial charge in [0.1, 0.15) is 5.82 Å². The molecule has 0 fully saturated rings. The van der Waals surface area contributed by atoms with Gasteiger partial charge in [0.05, 0.1) is 24.7 Å². The maximum atomic E-state index is 13.4. The summed E-state index contributed by atoms with van der Waals surface area (Å²) < 4.78 is 18.1. The molecule has 1 amide bonds. The Morgan fingerprint density at radius 2 is 2.21 bits per heavy atom. The van der Waals surface area contributed by atoms with Crippen molar-refractivity contribution in [3.63, 3.8) is 0 Å². The Morgan fingerprint density at radius 1 is 1.43 bits per heavy atom. The summed E-state index contributed by atoms with van der Waals surface area (Å²) >= 11 is 0. The Hall–Kier alpha value is -3.21. The molecule has 1 aliphatic carbocycles. The number of nitrogens with zero attached hydrogens (tertiary/aromatic N) is 3. The molecule has 0 aliphatic heterocycles. The van der Waals surface area contributed by atoms with Crippen molar-refractivity contribution < 1.29 is 24.1 Å². The molecule has 1 heterocycles. The second-order valence-corrected chi connectivity index (χ2v) is 7.10.